The Kier molecular flexibility index (Phi) is 2.09. The van der Waals surface area contributed by atoms with E-state index in [0.29, 0.717) is 5.82 Å². The van der Waals surface area contributed by atoms with Gasteiger partial charge in [0, 0.05) is 6.92 Å². The number of rotatable bonds is 2. The molecule has 0 aliphatic carbocycles. The van der Waals surface area contributed by atoms with Crippen molar-refractivity contribution in [3.8, 4) is 0 Å². The second kappa shape index (κ2) is 3.04. The maximum Gasteiger partial charge on any atom is 0.347 e. The van der Waals surface area contributed by atoms with Crippen LogP contribution in [0, 0.1) is 17.0 Å². The van der Waals surface area contributed by atoms with Gasteiger partial charge >= 0.3 is 5.82 Å². The number of aliphatic hydroxyl groups is 1. The third-order valence-electron chi connectivity index (χ3n) is 1.37. The van der Waals surface area contributed by atoms with Crippen LogP contribution in [-0.2, 0) is 0 Å². The second-order valence-corrected chi connectivity index (χ2v) is 2.09. The summed E-state index contributed by atoms with van der Waals surface area (Å²) in [7, 11) is 0. The summed E-state index contributed by atoms with van der Waals surface area (Å²) in [6.45, 7) is 1.60. The predicted molar refractivity (Wildman–Crippen MR) is 41.6 cm³/mol. The summed E-state index contributed by atoms with van der Waals surface area (Å²) in [4.78, 5) is 13.5. The zero-order valence-electron chi connectivity index (χ0n) is 6.34. The molecule has 0 spiro atoms. The van der Waals surface area contributed by atoms with Crippen LogP contribution in [0.3, 0.4) is 0 Å². The molecule has 0 aliphatic rings. The molecule has 1 N–H and O–H groups in total. The molecule has 0 saturated carbocycles. The molecular weight excluding hydrogens is 162 g/mol. The topological polar surface area (TPSA) is 81.2 Å². The van der Waals surface area contributed by atoms with Crippen LogP contribution in [0.2, 0.25) is 0 Å². The molecule has 0 aliphatic heterocycles. The highest BCUT2D eigenvalue weighted by molar-refractivity contribution is 5.34. The number of nitrogens with zero attached hydrogens (tertiary/aromatic N) is 3. The summed E-state index contributed by atoms with van der Waals surface area (Å²) < 4.78 is 1.18. The summed E-state index contributed by atoms with van der Waals surface area (Å²) in [6.07, 6.45) is 3.03. The van der Waals surface area contributed by atoms with Crippen LogP contribution in [0.25, 0.3) is 6.20 Å². The van der Waals surface area contributed by atoms with E-state index in [0.717, 1.165) is 12.5 Å². The Balaban J connectivity index is 3.21. The summed E-state index contributed by atoms with van der Waals surface area (Å²) in [5.74, 6) is 0.282. The van der Waals surface area contributed by atoms with Crippen molar-refractivity contribution < 1.29 is 10.0 Å². The molecule has 1 aromatic rings. The van der Waals surface area contributed by atoms with Gasteiger partial charge in [0.15, 0.2) is 5.82 Å². The van der Waals surface area contributed by atoms with Gasteiger partial charge in [0.05, 0.1) is 0 Å². The van der Waals surface area contributed by atoms with Crippen LogP contribution in [0.4, 0.5) is 5.82 Å². The van der Waals surface area contributed by atoms with Crippen LogP contribution >= 0.6 is 0 Å². The van der Waals surface area contributed by atoms with Gasteiger partial charge in [0.25, 0.3) is 0 Å². The lowest BCUT2D eigenvalue weighted by Gasteiger charge is -1.93. The Labute approximate surface area is 67.9 Å². The maximum atomic E-state index is 10.3. The van der Waals surface area contributed by atoms with Gasteiger partial charge in [-0.05, 0) is 4.92 Å². The summed E-state index contributed by atoms with van der Waals surface area (Å²) in [5.41, 5.74) is 0. The molecule has 64 valence electrons. The van der Waals surface area contributed by atoms with Crippen molar-refractivity contribution in [3.63, 3.8) is 0 Å². The van der Waals surface area contributed by atoms with Crippen LogP contribution < -0.4 is 0 Å². The zero-order valence-corrected chi connectivity index (χ0v) is 6.34. The fraction of sp³-hybridized carbons (Fsp3) is 0.167. The van der Waals surface area contributed by atoms with Gasteiger partial charge < -0.3 is 15.2 Å². The van der Waals surface area contributed by atoms with E-state index in [-0.39, 0.29) is 5.82 Å². The van der Waals surface area contributed by atoms with Gasteiger partial charge in [-0.25, -0.2) is 4.98 Å². The molecule has 1 rings (SSSR count). The molecule has 1 heterocycles. The Hall–Kier alpha value is -1.85. The van der Waals surface area contributed by atoms with E-state index in [1.807, 2.05) is 0 Å². The van der Waals surface area contributed by atoms with Crippen molar-refractivity contribution in [1.82, 2.24) is 9.55 Å². The Morgan fingerprint density at radius 3 is 3.00 bits per heavy atom. The first kappa shape index (κ1) is 8.25. The van der Waals surface area contributed by atoms with E-state index < -0.39 is 4.92 Å². The monoisotopic (exact) mass is 169 g/mol. The minimum Gasteiger partial charge on any atom is -0.512 e. The summed E-state index contributed by atoms with van der Waals surface area (Å²) >= 11 is 0. The van der Waals surface area contributed by atoms with Crippen LogP contribution in [0.15, 0.2) is 12.5 Å². The molecule has 0 aromatic carbocycles. The normalized spacial score (nSPS) is 10.8. The third kappa shape index (κ3) is 1.26. The molecule has 0 radical (unpaired) electrons. The fourth-order valence-corrected chi connectivity index (χ4v) is 0.827. The SMILES string of the molecule is Cc1ncc([N+](=O)[O-])n1/C=C\O. The highest BCUT2D eigenvalue weighted by Crippen LogP contribution is 2.13. The van der Waals surface area contributed by atoms with Gasteiger partial charge in [0.1, 0.15) is 18.7 Å². The van der Waals surface area contributed by atoms with E-state index in [1.54, 1.807) is 6.92 Å². The van der Waals surface area contributed by atoms with Crippen molar-refractivity contribution in [3.05, 3.63) is 28.4 Å². The number of imidazole rings is 1. The first-order valence-corrected chi connectivity index (χ1v) is 3.16. The number of aryl methyl sites for hydroxylation is 1. The van der Waals surface area contributed by atoms with E-state index >= 15 is 0 Å². The van der Waals surface area contributed by atoms with Crippen LogP contribution in [0.1, 0.15) is 5.82 Å². The predicted octanol–water partition coefficient (Wildman–Crippen LogP) is 1.09. The number of nitro groups is 1. The molecule has 0 fully saturated rings. The Morgan fingerprint density at radius 2 is 2.50 bits per heavy atom. The lowest BCUT2D eigenvalue weighted by atomic mass is 10.6. The van der Waals surface area contributed by atoms with Gasteiger partial charge in [-0.15, -0.1) is 0 Å². The lowest BCUT2D eigenvalue weighted by molar-refractivity contribution is -0.390. The van der Waals surface area contributed by atoms with E-state index in [2.05, 4.69) is 4.98 Å². The molecule has 12 heavy (non-hydrogen) atoms. The second-order valence-electron chi connectivity index (χ2n) is 2.09. The highest BCUT2D eigenvalue weighted by atomic mass is 16.6. The molecule has 6 nitrogen and oxygen atoms in total. The zero-order chi connectivity index (χ0) is 9.14. The van der Waals surface area contributed by atoms with Gasteiger partial charge in [-0.1, -0.05) is 0 Å². The number of hydrogen-bond donors (Lipinski definition) is 1. The third-order valence-corrected chi connectivity index (χ3v) is 1.37. The van der Waals surface area contributed by atoms with Crippen molar-refractivity contribution >= 4 is 12.0 Å². The lowest BCUT2D eigenvalue weighted by Crippen LogP contribution is -1.97. The molecule has 6 heteroatoms. The van der Waals surface area contributed by atoms with Crippen molar-refractivity contribution in [2.24, 2.45) is 0 Å². The largest absolute Gasteiger partial charge is 0.512 e. The minimum absolute atomic E-state index is 0.169. The van der Waals surface area contributed by atoms with E-state index in [9.17, 15) is 10.1 Å². The number of hydrogen-bond acceptors (Lipinski definition) is 4. The fourth-order valence-electron chi connectivity index (χ4n) is 0.827. The van der Waals surface area contributed by atoms with E-state index in [1.165, 1.54) is 10.8 Å². The number of aliphatic hydroxyl groups excluding tert-OH is 1. The van der Waals surface area contributed by atoms with Gasteiger partial charge in [-0.2, -0.15) is 4.57 Å². The average molecular weight is 169 g/mol. The van der Waals surface area contributed by atoms with Crippen molar-refractivity contribution in [2.75, 3.05) is 0 Å². The van der Waals surface area contributed by atoms with Crippen LogP contribution in [-0.4, -0.2) is 19.6 Å². The first-order chi connectivity index (χ1) is 5.66. The quantitative estimate of drug-likeness (QED) is 0.408. The molecule has 0 unspecified atom stereocenters. The molecular formula is C6H7N3O3. The molecule has 0 saturated heterocycles. The summed E-state index contributed by atoms with van der Waals surface area (Å²) in [5, 5.41) is 18.8. The maximum absolute atomic E-state index is 10.3. The molecule has 0 amide bonds. The van der Waals surface area contributed by atoms with Gasteiger partial charge in [-0.3, -0.25) is 0 Å². The number of aromatic nitrogens is 2. The molecule has 0 bridgehead atoms. The molecule has 0 atom stereocenters. The minimum atomic E-state index is -0.569. The average Bonchev–Trinajstić information content (AvgIpc) is 2.34. The van der Waals surface area contributed by atoms with Gasteiger partial charge in [0.2, 0.25) is 0 Å². The van der Waals surface area contributed by atoms with Crippen molar-refractivity contribution in [1.29, 1.82) is 0 Å². The van der Waals surface area contributed by atoms with Crippen molar-refractivity contribution in [2.45, 2.75) is 6.92 Å². The summed E-state index contributed by atoms with van der Waals surface area (Å²) in [6, 6.07) is 0. The first-order valence-electron chi connectivity index (χ1n) is 3.16. The Morgan fingerprint density at radius 1 is 1.83 bits per heavy atom. The van der Waals surface area contributed by atoms with E-state index in [4.69, 9.17) is 5.11 Å². The Bertz CT molecular complexity index is 329. The highest BCUT2D eigenvalue weighted by Gasteiger charge is 2.14. The standard InChI is InChI=1S/C6H7N3O3/c1-5-7-4-6(9(11)12)8(5)2-3-10/h2-4,10H,1H3/b3-2-. The smallest absolute Gasteiger partial charge is 0.347 e. The van der Waals surface area contributed by atoms with Crippen LogP contribution in [0.5, 0.6) is 0 Å². The molecule has 1 aromatic heterocycles.